The predicted octanol–water partition coefficient (Wildman–Crippen LogP) is 2.95. The maximum atomic E-state index is 11.6. The highest BCUT2D eigenvalue weighted by Crippen LogP contribution is 2.14. The van der Waals surface area contributed by atoms with Crippen molar-refractivity contribution in [3.8, 4) is 11.8 Å². The first-order chi connectivity index (χ1) is 9.21. The van der Waals surface area contributed by atoms with Crippen LogP contribution in [0, 0.1) is 11.3 Å². The molecule has 0 atom stereocenters. The number of hydrogen-bond donors (Lipinski definition) is 0. The summed E-state index contributed by atoms with van der Waals surface area (Å²) in [4.78, 5) is 11.6. The molecular formula is C15H17NO3. The van der Waals surface area contributed by atoms with Crippen LogP contribution >= 0.6 is 0 Å². The largest absolute Gasteiger partial charge is 0.497 e. The van der Waals surface area contributed by atoms with E-state index >= 15 is 0 Å². The number of ether oxygens (including phenoxy) is 2. The van der Waals surface area contributed by atoms with Gasteiger partial charge < -0.3 is 9.47 Å². The van der Waals surface area contributed by atoms with E-state index in [0.29, 0.717) is 6.61 Å². The summed E-state index contributed by atoms with van der Waals surface area (Å²) < 4.78 is 10.0. The third kappa shape index (κ3) is 4.84. The Morgan fingerprint density at radius 3 is 2.58 bits per heavy atom. The van der Waals surface area contributed by atoms with E-state index in [4.69, 9.17) is 14.7 Å². The number of nitrogens with zero attached hydrogens (tertiary/aromatic N) is 1. The summed E-state index contributed by atoms with van der Waals surface area (Å²) in [7, 11) is 1.58. The monoisotopic (exact) mass is 259 g/mol. The molecule has 0 amide bonds. The molecule has 100 valence electrons. The van der Waals surface area contributed by atoms with Crippen LogP contribution in [0.25, 0.3) is 6.08 Å². The Hall–Kier alpha value is -2.28. The fourth-order valence-electron chi connectivity index (χ4n) is 1.39. The molecule has 0 bridgehead atoms. The Morgan fingerprint density at radius 1 is 1.37 bits per heavy atom. The topological polar surface area (TPSA) is 59.3 Å². The molecule has 19 heavy (non-hydrogen) atoms. The summed E-state index contributed by atoms with van der Waals surface area (Å²) in [6.07, 6.45) is 3.25. The third-order valence-corrected chi connectivity index (χ3v) is 2.50. The summed E-state index contributed by atoms with van der Waals surface area (Å²) in [6, 6.07) is 8.94. The number of esters is 1. The van der Waals surface area contributed by atoms with Gasteiger partial charge in [0, 0.05) is 0 Å². The molecular weight excluding hydrogens is 242 g/mol. The zero-order valence-corrected chi connectivity index (χ0v) is 11.2. The fourth-order valence-corrected chi connectivity index (χ4v) is 1.39. The Morgan fingerprint density at radius 2 is 2.05 bits per heavy atom. The van der Waals surface area contributed by atoms with Gasteiger partial charge in [-0.1, -0.05) is 25.5 Å². The molecule has 0 aromatic heterocycles. The van der Waals surface area contributed by atoms with Crippen molar-refractivity contribution in [2.45, 2.75) is 19.8 Å². The van der Waals surface area contributed by atoms with Gasteiger partial charge >= 0.3 is 5.97 Å². The highest BCUT2D eigenvalue weighted by atomic mass is 16.5. The minimum Gasteiger partial charge on any atom is -0.497 e. The van der Waals surface area contributed by atoms with Crippen molar-refractivity contribution in [3.63, 3.8) is 0 Å². The van der Waals surface area contributed by atoms with Crippen LogP contribution in [0.3, 0.4) is 0 Å². The lowest BCUT2D eigenvalue weighted by atomic mass is 10.1. The van der Waals surface area contributed by atoms with Crippen LogP contribution in [0.15, 0.2) is 29.8 Å². The standard InChI is InChI=1S/C15H17NO3/c1-3-4-9-19-15(17)13(11-16)10-12-5-7-14(18-2)8-6-12/h5-8,10H,3-4,9H2,1-2H3/b13-10+. The number of rotatable bonds is 6. The first-order valence-corrected chi connectivity index (χ1v) is 6.14. The minimum absolute atomic E-state index is 0.00118. The van der Waals surface area contributed by atoms with Gasteiger partial charge in [0.05, 0.1) is 13.7 Å². The van der Waals surface area contributed by atoms with E-state index in [9.17, 15) is 4.79 Å². The minimum atomic E-state index is -0.577. The number of nitriles is 1. The van der Waals surface area contributed by atoms with Crippen molar-refractivity contribution in [2.75, 3.05) is 13.7 Å². The SMILES string of the molecule is CCCCOC(=O)/C(C#N)=C/c1ccc(OC)cc1. The van der Waals surface area contributed by atoms with Gasteiger partial charge in [-0.2, -0.15) is 5.26 Å². The van der Waals surface area contributed by atoms with Gasteiger partial charge in [-0.05, 0) is 30.2 Å². The lowest BCUT2D eigenvalue weighted by molar-refractivity contribution is -0.138. The third-order valence-electron chi connectivity index (χ3n) is 2.50. The van der Waals surface area contributed by atoms with Gasteiger partial charge in [-0.3, -0.25) is 0 Å². The van der Waals surface area contributed by atoms with Crippen molar-refractivity contribution in [1.82, 2.24) is 0 Å². The van der Waals surface area contributed by atoms with Gasteiger partial charge in [0.1, 0.15) is 17.4 Å². The maximum absolute atomic E-state index is 11.6. The van der Waals surface area contributed by atoms with Gasteiger partial charge in [0.2, 0.25) is 0 Å². The molecule has 0 aliphatic heterocycles. The number of methoxy groups -OCH3 is 1. The molecule has 0 fully saturated rings. The molecule has 4 nitrogen and oxygen atoms in total. The Bertz CT molecular complexity index is 483. The zero-order chi connectivity index (χ0) is 14.1. The van der Waals surface area contributed by atoms with E-state index in [1.807, 2.05) is 13.0 Å². The second-order valence-corrected chi connectivity index (χ2v) is 3.93. The normalized spacial score (nSPS) is 10.7. The van der Waals surface area contributed by atoms with E-state index in [-0.39, 0.29) is 5.57 Å². The Balaban J connectivity index is 2.75. The number of carbonyl (C=O) groups is 1. The average Bonchev–Trinajstić information content (AvgIpc) is 2.45. The van der Waals surface area contributed by atoms with Crippen molar-refractivity contribution in [3.05, 3.63) is 35.4 Å². The molecule has 0 saturated heterocycles. The molecule has 1 rings (SSSR count). The maximum Gasteiger partial charge on any atom is 0.348 e. The molecule has 0 aliphatic carbocycles. The highest BCUT2D eigenvalue weighted by molar-refractivity contribution is 5.97. The lowest BCUT2D eigenvalue weighted by Crippen LogP contribution is -2.07. The second kappa shape index (κ2) is 7.93. The number of unbranched alkanes of at least 4 members (excludes halogenated alkanes) is 1. The van der Waals surface area contributed by atoms with Crippen LogP contribution in [-0.2, 0) is 9.53 Å². The van der Waals surface area contributed by atoms with E-state index in [1.54, 1.807) is 31.4 Å². The number of benzene rings is 1. The molecule has 0 unspecified atom stereocenters. The van der Waals surface area contributed by atoms with Gasteiger partial charge in [-0.15, -0.1) is 0 Å². The number of hydrogen-bond acceptors (Lipinski definition) is 4. The van der Waals surface area contributed by atoms with Gasteiger partial charge in [0.15, 0.2) is 0 Å². The first-order valence-electron chi connectivity index (χ1n) is 6.14. The van der Waals surface area contributed by atoms with Crippen LogP contribution in [0.4, 0.5) is 0 Å². The Labute approximate surface area is 113 Å². The van der Waals surface area contributed by atoms with E-state index in [2.05, 4.69) is 0 Å². The first kappa shape index (κ1) is 14.8. The number of carbonyl (C=O) groups excluding carboxylic acids is 1. The summed E-state index contributed by atoms with van der Waals surface area (Å²) in [5.41, 5.74) is 0.756. The second-order valence-electron chi connectivity index (χ2n) is 3.93. The molecule has 4 heteroatoms. The summed E-state index contributed by atoms with van der Waals surface area (Å²) in [6.45, 7) is 2.35. The molecule has 0 spiro atoms. The molecule has 0 saturated carbocycles. The van der Waals surface area contributed by atoms with Crippen molar-refractivity contribution >= 4 is 12.0 Å². The fraction of sp³-hybridized carbons (Fsp3) is 0.333. The Kier molecular flexibility index (Phi) is 6.17. The quantitative estimate of drug-likeness (QED) is 0.341. The smallest absolute Gasteiger partial charge is 0.348 e. The van der Waals surface area contributed by atoms with Crippen LogP contribution in [0.2, 0.25) is 0 Å². The van der Waals surface area contributed by atoms with Gasteiger partial charge in [-0.25, -0.2) is 4.79 Å². The van der Waals surface area contributed by atoms with Crippen molar-refractivity contribution in [2.24, 2.45) is 0 Å². The molecule has 0 aliphatic rings. The highest BCUT2D eigenvalue weighted by Gasteiger charge is 2.10. The molecule has 1 aromatic rings. The summed E-state index contributed by atoms with van der Waals surface area (Å²) in [5.74, 6) is 0.146. The molecule has 1 aromatic carbocycles. The zero-order valence-electron chi connectivity index (χ0n) is 11.2. The van der Waals surface area contributed by atoms with E-state index in [1.165, 1.54) is 6.08 Å². The van der Waals surface area contributed by atoms with E-state index in [0.717, 1.165) is 24.2 Å². The molecule has 0 heterocycles. The molecule has 0 radical (unpaired) electrons. The predicted molar refractivity (Wildman–Crippen MR) is 72.5 cm³/mol. The summed E-state index contributed by atoms with van der Waals surface area (Å²) in [5, 5.41) is 8.97. The van der Waals surface area contributed by atoms with Crippen LogP contribution < -0.4 is 4.74 Å². The lowest BCUT2D eigenvalue weighted by Gasteiger charge is -2.03. The summed E-state index contributed by atoms with van der Waals surface area (Å²) >= 11 is 0. The van der Waals surface area contributed by atoms with Gasteiger partial charge in [0.25, 0.3) is 0 Å². The molecule has 0 N–H and O–H groups in total. The van der Waals surface area contributed by atoms with Crippen LogP contribution in [0.1, 0.15) is 25.3 Å². The van der Waals surface area contributed by atoms with Crippen LogP contribution in [0.5, 0.6) is 5.75 Å². The van der Waals surface area contributed by atoms with Crippen molar-refractivity contribution < 1.29 is 14.3 Å². The van der Waals surface area contributed by atoms with Crippen molar-refractivity contribution in [1.29, 1.82) is 5.26 Å². The average molecular weight is 259 g/mol. The van der Waals surface area contributed by atoms with E-state index < -0.39 is 5.97 Å². The van der Waals surface area contributed by atoms with Crippen LogP contribution in [-0.4, -0.2) is 19.7 Å².